The quantitative estimate of drug-likeness (QED) is 0.773. The SMILES string of the molecule is CC1CN=C(NCc2ccc(O)c(Br)c2)N1. The van der Waals surface area contributed by atoms with Crippen molar-refractivity contribution in [2.45, 2.75) is 19.5 Å². The predicted molar refractivity (Wildman–Crippen MR) is 67.5 cm³/mol. The largest absolute Gasteiger partial charge is 0.507 e. The van der Waals surface area contributed by atoms with Gasteiger partial charge in [-0.1, -0.05) is 6.07 Å². The number of aromatic hydroxyl groups is 1. The van der Waals surface area contributed by atoms with Gasteiger partial charge >= 0.3 is 0 Å². The van der Waals surface area contributed by atoms with Crippen LogP contribution >= 0.6 is 15.9 Å². The summed E-state index contributed by atoms with van der Waals surface area (Å²) in [6.07, 6.45) is 0. The van der Waals surface area contributed by atoms with Crippen LogP contribution in [0.5, 0.6) is 5.75 Å². The van der Waals surface area contributed by atoms with E-state index in [0.29, 0.717) is 17.1 Å². The van der Waals surface area contributed by atoms with Crippen LogP contribution in [0.2, 0.25) is 0 Å². The van der Waals surface area contributed by atoms with Crippen molar-refractivity contribution in [1.82, 2.24) is 10.6 Å². The van der Waals surface area contributed by atoms with Crippen molar-refractivity contribution < 1.29 is 5.11 Å². The van der Waals surface area contributed by atoms with E-state index >= 15 is 0 Å². The van der Waals surface area contributed by atoms with Gasteiger partial charge in [-0.2, -0.15) is 0 Å². The summed E-state index contributed by atoms with van der Waals surface area (Å²) in [5.41, 5.74) is 1.09. The molecule has 1 aromatic carbocycles. The van der Waals surface area contributed by atoms with Crippen LogP contribution in [-0.4, -0.2) is 23.7 Å². The molecule has 0 bridgehead atoms. The molecule has 5 heteroatoms. The zero-order valence-electron chi connectivity index (χ0n) is 9.00. The number of rotatable bonds is 2. The summed E-state index contributed by atoms with van der Waals surface area (Å²) in [6.45, 7) is 3.61. The molecule has 1 aliphatic heterocycles. The first-order chi connectivity index (χ1) is 7.65. The predicted octanol–water partition coefficient (Wildman–Crippen LogP) is 1.59. The Bertz CT molecular complexity index is 420. The van der Waals surface area contributed by atoms with Gasteiger partial charge in [-0.3, -0.25) is 4.99 Å². The third-order valence-electron chi connectivity index (χ3n) is 2.38. The Morgan fingerprint density at radius 3 is 3.06 bits per heavy atom. The van der Waals surface area contributed by atoms with Crippen molar-refractivity contribution in [3.8, 4) is 5.75 Å². The smallest absolute Gasteiger partial charge is 0.191 e. The topological polar surface area (TPSA) is 56.7 Å². The molecule has 4 nitrogen and oxygen atoms in total. The molecule has 0 aliphatic carbocycles. The third kappa shape index (κ3) is 2.66. The normalized spacial score (nSPS) is 19.1. The zero-order valence-corrected chi connectivity index (χ0v) is 10.6. The average molecular weight is 284 g/mol. The van der Waals surface area contributed by atoms with E-state index in [4.69, 9.17) is 0 Å². The van der Waals surface area contributed by atoms with Crippen molar-refractivity contribution in [3.05, 3.63) is 28.2 Å². The van der Waals surface area contributed by atoms with E-state index in [0.717, 1.165) is 18.1 Å². The standard InChI is InChI=1S/C11H14BrN3O/c1-7-5-13-11(15-7)14-6-8-2-3-10(16)9(12)4-8/h2-4,7,16H,5-6H2,1H3,(H2,13,14,15). The van der Waals surface area contributed by atoms with E-state index in [1.54, 1.807) is 6.07 Å². The summed E-state index contributed by atoms with van der Waals surface area (Å²) in [6, 6.07) is 5.86. The first kappa shape index (κ1) is 11.3. The van der Waals surface area contributed by atoms with E-state index in [1.165, 1.54) is 0 Å². The Morgan fingerprint density at radius 1 is 1.62 bits per heavy atom. The summed E-state index contributed by atoms with van der Waals surface area (Å²) in [5.74, 6) is 1.10. The molecule has 86 valence electrons. The van der Waals surface area contributed by atoms with Crippen molar-refractivity contribution in [2.75, 3.05) is 6.54 Å². The van der Waals surface area contributed by atoms with Crippen molar-refractivity contribution in [3.63, 3.8) is 0 Å². The van der Waals surface area contributed by atoms with E-state index in [-0.39, 0.29) is 5.75 Å². The summed E-state index contributed by atoms with van der Waals surface area (Å²) in [7, 11) is 0. The van der Waals surface area contributed by atoms with Gasteiger partial charge in [0.2, 0.25) is 0 Å². The summed E-state index contributed by atoms with van der Waals surface area (Å²) in [4.78, 5) is 4.31. The van der Waals surface area contributed by atoms with Gasteiger partial charge in [0.15, 0.2) is 5.96 Å². The van der Waals surface area contributed by atoms with Gasteiger partial charge in [-0.05, 0) is 40.5 Å². The Kier molecular flexibility index (Phi) is 3.33. The molecule has 0 saturated heterocycles. The van der Waals surface area contributed by atoms with Crippen LogP contribution in [0.15, 0.2) is 27.7 Å². The molecule has 1 atom stereocenters. The lowest BCUT2D eigenvalue weighted by atomic mass is 10.2. The monoisotopic (exact) mass is 283 g/mol. The first-order valence-electron chi connectivity index (χ1n) is 5.17. The van der Waals surface area contributed by atoms with Crippen LogP contribution < -0.4 is 10.6 Å². The number of benzene rings is 1. The maximum absolute atomic E-state index is 9.35. The Hall–Kier alpha value is -1.23. The number of hydrogen-bond donors (Lipinski definition) is 3. The second kappa shape index (κ2) is 4.74. The molecule has 16 heavy (non-hydrogen) atoms. The molecule has 0 radical (unpaired) electrons. The molecule has 1 aliphatic rings. The molecule has 1 unspecified atom stereocenters. The van der Waals surface area contributed by atoms with Crippen molar-refractivity contribution in [2.24, 2.45) is 4.99 Å². The summed E-state index contributed by atoms with van der Waals surface area (Å²) in [5, 5.41) is 15.8. The van der Waals surface area contributed by atoms with Gasteiger partial charge in [-0.25, -0.2) is 0 Å². The molecule has 2 rings (SSSR count). The number of phenols is 1. The Labute approximate surface area is 103 Å². The van der Waals surface area contributed by atoms with Crippen LogP contribution in [0.4, 0.5) is 0 Å². The number of nitrogens with zero attached hydrogens (tertiary/aromatic N) is 1. The lowest BCUT2D eigenvalue weighted by Crippen LogP contribution is -2.37. The van der Waals surface area contributed by atoms with E-state index in [2.05, 4.69) is 38.5 Å². The third-order valence-corrected chi connectivity index (χ3v) is 3.01. The fourth-order valence-electron chi connectivity index (χ4n) is 1.51. The lowest BCUT2D eigenvalue weighted by Gasteiger charge is -2.09. The van der Waals surface area contributed by atoms with Gasteiger partial charge in [0.05, 0.1) is 11.0 Å². The molecule has 0 spiro atoms. The highest BCUT2D eigenvalue weighted by Gasteiger charge is 2.11. The zero-order chi connectivity index (χ0) is 11.5. The maximum Gasteiger partial charge on any atom is 0.191 e. The second-order valence-corrected chi connectivity index (χ2v) is 4.73. The second-order valence-electron chi connectivity index (χ2n) is 3.87. The molecule has 0 aromatic heterocycles. The molecular weight excluding hydrogens is 270 g/mol. The highest BCUT2D eigenvalue weighted by Crippen LogP contribution is 2.24. The molecule has 0 fully saturated rings. The number of hydrogen-bond acceptors (Lipinski definition) is 4. The van der Waals surface area contributed by atoms with Gasteiger partial charge in [-0.15, -0.1) is 0 Å². The highest BCUT2D eigenvalue weighted by molar-refractivity contribution is 9.10. The first-order valence-corrected chi connectivity index (χ1v) is 5.96. The number of halogens is 1. The van der Waals surface area contributed by atoms with Crippen LogP contribution in [0.1, 0.15) is 12.5 Å². The lowest BCUT2D eigenvalue weighted by molar-refractivity contribution is 0.471. The number of phenolic OH excluding ortho intramolecular Hbond substituents is 1. The van der Waals surface area contributed by atoms with Crippen LogP contribution in [0.3, 0.4) is 0 Å². The van der Waals surface area contributed by atoms with Crippen LogP contribution in [0, 0.1) is 0 Å². The molecule has 3 N–H and O–H groups in total. The molecular formula is C11H14BrN3O. The number of guanidine groups is 1. The van der Waals surface area contributed by atoms with Crippen LogP contribution in [-0.2, 0) is 6.54 Å². The van der Waals surface area contributed by atoms with Gasteiger partial charge in [0.1, 0.15) is 5.75 Å². The number of aliphatic imine (C=N–C) groups is 1. The molecule has 0 amide bonds. The van der Waals surface area contributed by atoms with Crippen molar-refractivity contribution >= 4 is 21.9 Å². The van der Waals surface area contributed by atoms with E-state index < -0.39 is 0 Å². The van der Waals surface area contributed by atoms with Gasteiger partial charge < -0.3 is 15.7 Å². The summed E-state index contributed by atoms with van der Waals surface area (Å²) < 4.78 is 0.710. The average Bonchev–Trinajstić information content (AvgIpc) is 2.66. The van der Waals surface area contributed by atoms with Crippen molar-refractivity contribution in [1.29, 1.82) is 0 Å². The molecule has 1 heterocycles. The minimum Gasteiger partial charge on any atom is -0.507 e. The Balaban J connectivity index is 1.92. The molecule has 0 saturated carbocycles. The van der Waals surface area contributed by atoms with E-state index in [1.807, 2.05) is 12.1 Å². The van der Waals surface area contributed by atoms with Crippen LogP contribution in [0.25, 0.3) is 0 Å². The summed E-state index contributed by atoms with van der Waals surface area (Å²) >= 11 is 3.29. The minimum atomic E-state index is 0.258. The highest BCUT2D eigenvalue weighted by atomic mass is 79.9. The molecule has 1 aromatic rings. The van der Waals surface area contributed by atoms with Gasteiger partial charge in [0.25, 0.3) is 0 Å². The van der Waals surface area contributed by atoms with Gasteiger partial charge in [0, 0.05) is 12.6 Å². The minimum absolute atomic E-state index is 0.258. The van der Waals surface area contributed by atoms with E-state index in [9.17, 15) is 5.11 Å². The fraction of sp³-hybridized carbons (Fsp3) is 0.364. The Morgan fingerprint density at radius 2 is 2.44 bits per heavy atom. The fourth-order valence-corrected chi connectivity index (χ4v) is 1.93. The number of nitrogens with one attached hydrogen (secondary N) is 2. The maximum atomic E-state index is 9.35.